The Morgan fingerprint density at radius 1 is 0.900 bits per heavy atom. The standard InChI is InChI=1S/C30H32N4O5S/c1-18-11-9-10-14-22(18)33-25(35)17-40-30-31-19(2)26(29(36)32-21-12-7-6-8-13-21)27(34-30)20-15-23(37-3)28(39-5)24(16-20)38-4/h6-16,27H,17H2,1-5H3,(H,31,34)(H,32,36)(H,33,35)/t27-/m0/s1. The predicted molar refractivity (Wildman–Crippen MR) is 159 cm³/mol. The Balaban J connectivity index is 1.65. The Kier molecular flexibility index (Phi) is 9.34. The lowest BCUT2D eigenvalue weighted by Gasteiger charge is -2.27. The number of aliphatic imine (C=N–C) groups is 1. The molecular weight excluding hydrogens is 528 g/mol. The normalized spacial score (nSPS) is 14.5. The van der Waals surface area contributed by atoms with Crippen molar-refractivity contribution >= 4 is 40.1 Å². The van der Waals surface area contributed by atoms with E-state index < -0.39 is 6.04 Å². The molecule has 0 fully saturated rings. The third-order valence-electron chi connectivity index (χ3n) is 6.26. The summed E-state index contributed by atoms with van der Waals surface area (Å²) in [5, 5.41) is 9.61. The number of anilines is 2. The maximum Gasteiger partial charge on any atom is 0.255 e. The van der Waals surface area contributed by atoms with Crippen LogP contribution in [0.25, 0.3) is 0 Å². The number of thioether (sulfide) groups is 1. The van der Waals surface area contributed by atoms with Crippen molar-refractivity contribution < 1.29 is 23.8 Å². The van der Waals surface area contributed by atoms with Crippen LogP contribution in [0.15, 0.2) is 83.0 Å². The minimum Gasteiger partial charge on any atom is -0.493 e. The van der Waals surface area contributed by atoms with Gasteiger partial charge in [-0.25, -0.2) is 4.99 Å². The molecule has 1 atom stereocenters. The van der Waals surface area contributed by atoms with Gasteiger partial charge in [-0.1, -0.05) is 48.2 Å². The van der Waals surface area contributed by atoms with Gasteiger partial charge in [0.1, 0.15) is 6.04 Å². The number of nitrogens with one attached hydrogen (secondary N) is 3. The predicted octanol–water partition coefficient (Wildman–Crippen LogP) is 5.31. The van der Waals surface area contributed by atoms with Crippen molar-refractivity contribution in [3.63, 3.8) is 0 Å². The second kappa shape index (κ2) is 13.1. The highest BCUT2D eigenvalue weighted by Gasteiger charge is 2.31. The van der Waals surface area contributed by atoms with Crippen LogP contribution in [0, 0.1) is 6.92 Å². The highest BCUT2D eigenvalue weighted by molar-refractivity contribution is 8.14. The average Bonchev–Trinajstić information content (AvgIpc) is 2.96. The Morgan fingerprint density at radius 2 is 1.55 bits per heavy atom. The molecule has 0 aromatic heterocycles. The zero-order valence-electron chi connectivity index (χ0n) is 23.0. The van der Waals surface area contributed by atoms with Crippen molar-refractivity contribution in [1.29, 1.82) is 0 Å². The molecule has 40 heavy (non-hydrogen) atoms. The first-order valence-corrected chi connectivity index (χ1v) is 13.5. The van der Waals surface area contributed by atoms with Gasteiger partial charge in [-0.2, -0.15) is 0 Å². The van der Waals surface area contributed by atoms with Crippen LogP contribution in [0.1, 0.15) is 24.1 Å². The second-order valence-corrected chi connectivity index (χ2v) is 9.90. The Morgan fingerprint density at radius 3 is 2.17 bits per heavy atom. The van der Waals surface area contributed by atoms with Gasteiger partial charge in [-0.05, 0) is 55.3 Å². The third kappa shape index (κ3) is 6.58. The molecule has 1 heterocycles. The minimum atomic E-state index is -0.708. The smallest absolute Gasteiger partial charge is 0.255 e. The number of carbonyl (C=O) groups is 2. The SMILES string of the molecule is COc1cc([C@@H]2N=C(SCC(=O)Nc3ccccc3C)NC(C)=C2C(=O)Nc2ccccc2)cc(OC)c1OC. The molecule has 0 radical (unpaired) electrons. The molecule has 3 N–H and O–H groups in total. The van der Waals surface area contributed by atoms with Crippen molar-refractivity contribution in [3.05, 3.63) is 89.1 Å². The average molecular weight is 561 g/mol. The molecule has 2 amide bonds. The first kappa shape index (κ1) is 28.6. The van der Waals surface area contributed by atoms with E-state index in [0.29, 0.717) is 44.9 Å². The fraction of sp³-hybridized carbons (Fsp3) is 0.233. The molecule has 3 aromatic rings. The summed E-state index contributed by atoms with van der Waals surface area (Å²) in [5.41, 5.74) is 4.10. The first-order chi connectivity index (χ1) is 19.3. The molecule has 0 spiro atoms. The van der Waals surface area contributed by atoms with Crippen LogP contribution in [0.4, 0.5) is 11.4 Å². The van der Waals surface area contributed by atoms with Crippen molar-refractivity contribution in [3.8, 4) is 17.2 Å². The highest BCUT2D eigenvalue weighted by atomic mass is 32.2. The quantitative estimate of drug-likeness (QED) is 0.326. The number of aryl methyl sites for hydroxylation is 1. The number of ether oxygens (including phenoxy) is 3. The molecule has 4 rings (SSSR count). The number of methoxy groups -OCH3 is 3. The third-order valence-corrected chi connectivity index (χ3v) is 7.14. The number of allylic oxidation sites excluding steroid dienone is 1. The topological polar surface area (TPSA) is 110 Å². The lowest BCUT2D eigenvalue weighted by molar-refractivity contribution is -0.114. The summed E-state index contributed by atoms with van der Waals surface area (Å²) >= 11 is 1.25. The lowest BCUT2D eigenvalue weighted by atomic mass is 9.95. The highest BCUT2D eigenvalue weighted by Crippen LogP contribution is 2.43. The van der Waals surface area contributed by atoms with E-state index in [-0.39, 0.29) is 17.6 Å². The molecule has 0 aliphatic carbocycles. The number of amidine groups is 1. The molecule has 0 unspecified atom stereocenters. The van der Waals surface area contributed by atoms with Gasteiger partial charge in [0, 0.05) is 17.1 Å². The van der Waals surface area contributed by atoms with Gasteiger partial charge in [0.05, 0.1) is 32.7 Å². The maximum absolute atomic E-state index is 13.6. The minimum absolute atomic E-state index is 0.126. The van der Waals surface area contributed by atoms with Crippen LogP contribution in [-0.4, -0.2) is 44.1 Å². The van der Waals surface area contributed by atoms with Crippen molar-refractivity contribution in [2.75, 3.05) is 37.7 Å². The summed E-state index contributed by atoms with van der Waals surface area (Å²) in [7, 11) is 4.60. The molecule has 3 aromatic carbocycles. The Bertz CT molecular complexity index is 1430. The van der Waals surface area contributed by atoms with Crippen LogP contribution in [-0.2, 0) is 9.59 Å². The molecule has 9 nitrogen and oxygen atoms in total. The van der Waals surface area contributed by atoms with Gasteiger partial charge in [0.2, 0.25) is 11.7 Å². The van der Waals surface area contributed by atoms with E-state index in [4.69, 9.17) is 19.2 Å². The van der Waals surface area contributed by atoms with Gasteiger partial charge in [-0.15, -0.1) is 0 Å². The van der Waals surface area contributed by atoms with E-state index in [2.05, 4.69) is 16.0 Å². The zero-order chi connectivity index (χ0) is 28.6. The zero-order valence-corrected chi connectivity index (χ0v) is 23.8. The van der Waals surface area contributed by atoms with E-state index in [0.717, 1.165) is 11.3 Å². The number of carbonyl (C=O) groups excluding carboxylic acids is 2. The summed E-state index contributed by atoms with van der Waals surface area (Å²) in [4.78, 5) is 31.1. The summed E-state index contributed by atoms with van der Waals surface area (Å²) in [5.74, 6) is 0.976. The number of rotatable bonds is 9. The molecule has 1 aliphatic heterocycles. The molecule has 0 bridgehead atoms. The first-order valence-electron chi connectivity index (χ1n) is 12.5. The summed E-state index contributed by atoms with van der Waals surface area (Å²) in [6.07, 6.45) is 0. The van der Waals surface area contributed by atoms with Crippen LogP contribution in [0.5, 0.6) is 17.2 Å². The van der Waals surface area contributed by atoms with Gasteiger partial charge in [-0.3, -0.25) is 9.59 Å². The molecular formula is C30H32N4O5S. The number of hydrogen-bond acceptors (Lipinski definition) is 8. The maximum atomic E-state index is 13.6. The molecule has 1 aliphatic rings. The second-order valence-electron chi connectivity index (χ2n) is 8.93. The van der Waals surface area contributed by atoms with Crippen LogP contribution < -0.4 is 30.2 Å². The number of amides is 2. The summed E-state index contributed by atoms with van der Waals surface area (Å²) in [6, 6.07) is 19.6. The Hall–Kier alpha value is -4.44. The van der Waals surface area contributed by atoms with E-state index in [9.17, 15) is 9.59 Å². The fourth-order valence-corrected chi connectivity index (χ4v) is 5.01. The van der Waals surface area contributed by atoms with Crippen molar-refractivity contribution in [2.24, 2.45) is 4.99 Å². The lowest BCUT2D eigenvalue weighted by Crippen LogP contribution is -2.32. The van der Waals surface area contributed by atoms with Gasteiger partial charge in [0.15, 0.2) is 16.7 Å². The monoisotopic (exact) mass is 560 g/mol. The van der Waals surface area contributed by atoms with E-state index in [1.807, 2.05) is 68.4 Å². The van der Waals surface area contributed by atoms with E-state index in [1.54, 1.807) is 12.1 Å². The number of benzene rings is 3. The summed E-state index contributed by atoms with van der Waals surface area (Å²) in [6.45, 7) is 3.75. The number of para-hydroxylation sites is 2. The van der Waals surface area contributed by atoms with Gasteiger partial charge < -0.3 is 30.2 Å². The van der Waals surface area contributed by atoms with Crippen molar-refractivity contribution in [2.45, 2.75) is 19.9 Å². The van der Waals surface area contributed by atoms with E-state index in [1.165, 1.54) is 33.1 Å². The fourth-order valence-electron chi connectivity index (χ4n) is 4.27. The van der Waals surface area contributed by atoms with Crippen LogP contribution in [0.2, 0.25) is 0 Å². The largest absolute Gasteiger partial charge is 0.493 e. The van der Waals surface area contributed by atoms with Crippen molar-refractivity contribution in [1.82, 2.24) is 5.32 Å². The number of nitrogens with zero attached hydrogens (tertiary/aromatic N) is 1. The molecule has 0 saturated carbocycles. The van der Waals surface area contributed by atoms with E-state index >= 15 is 0 Å². The van der Waals surface area contributed by atoms with Crippen LogP contribution in [0.3, 0.4) is 0 Å². The number of hydrogen-bond donors (Lipinski definition) is 3. The molecule has 208 valence electrons. The molecule has 0 saturated heterocycles. The van der Waals surface area contributed by atoms with Crippen LogP contribution >= 0.6 is 11.8 Å². The molecule has 10 heteroatoms. The van der Waals surface area contributed by atoms with Gasteiger partial charge in [0.25, 0.3) is 5.91 Å². The Labute approximate surface area is 238 Å². The summed E-state index contributed by atoms with van der Waals surface area (Å²) < 4.78 is 16.6. The van der Waals surface area contributed by atoms with Gasteiger partial charge >= 0.3 is 0 Å².